The third-order valence-corrected chi connectivity index (χ3v) is 5.42. The molecule has 160 valence electrons. The number of rotatable bonds is 6. The van der Waals surface area contributed by atoms with Gasteiger partial charge in [-0.2, -0.15) is 0 Å². The van der Waals surface area contributed by atoms with Crippen molar-refractivity contribution in [2.45, 2.75) is 18.1 Å². The Labute approximate surface area is 178 Å². The van der Waals surface area contributed by atoms with Gasteiger partial charge in [-0.1, -0.05) is 48.5 Å². The van der Waals surface area contributed by atoms with Crippen molar-refractivity contribution < 1.29 is 24.9 Å². The van der Waals surface area contributed by atoms with Crippen LogP contribution >= 0.6 is 0 Å². The van der Waals surface area contributed by atoms with E-state index in [2.05, 4.69) is 22.4 Å². The molecule has 0 radical (unpaired) electrons. The van der Waals surface area contributed by atoms with E-state index < -0.39 is 18.3 Å². The van der Waals surface area contributed by atoms with E-state index in [0.717, 1.165) is 22.3 Å². The van der Waals surface area contributed by atoms with Gasteiger partial charge in [0.2, 0.25) is 0 Å². The summed E-state index contributed by atoms with van der Waals surface area (Å²) >= 11 is 0. The second-order valence-electron chi connectivity index (χ2n) is 7.39. The summed E-state index contributed by atoms with van der Waals surface area (Å²) in [5.41, 5.74) is 10.1. The minimum atomic E-state index is -1.37. The minimum Gasteiger partial charge on any atom is -0.504 e. The first kappa shape index (κ1) is 20.6. The first-order valence-electron chi connectivity index (χ1n) is 9.85. The number of pyridine rings is 1. The zero-order chi connectivity index (χ0) is 22.0. The molecule has 1 aromatic heterocycles. The van der Waals surface area contributed by atoms with E-state index in [9.17, 15) is 20.1 Å². The van der Waals surface area contributed by atoms with Gasteiger partial charge in [-0.15, -0.1) is 0 Å². The van der Waals surface area contributed by atoms with Crippen molar-refractivity contribution in [3.05, 3.63) is 77.5 Å². The number of nitrogens with zero attached hydrogens (tertiary/aromatic N) is 1. The highest BCUT2D eigenvalue weighted by atomic mass is 16.5. The number of hydrogen-bond acceptors (Lipinski definition) is 7. The van der Waals surface area contributed by atoms with Crippen LogP contribution in [-0.2, 0) is 4.74 Å². The Morgan fingerprint density at radius 1 is 1.10 bits per heavy atom. The Bertz CT molecular complexity index is 1060. The van der Waals surface area contributed by atoms with Gasteiger partial charge in [0.05, 0.1) is 0 Å². The number of amides is 1. The average Bonchev–Trinajstić information content (AvgIpc) is 3.11. The highest BCUT2D eigenvalue weighted by Crippen LogP contribution is 2.44. The first-order valence-corrected chi connectivity index (χ1v) is 9.85. The molecule has 2 aromatic carbocycles. The fourth-order valence-corrected chi connectivity index (χ4v) is 3.81. The molecule has 1 aliphatic rings. The van der Waals surface area contributed by atoms with Gasteiger partial charge in [0.1, 0.15) is 18.8 Å². The van der Waals surface area contributed by atoms with Gasteiger partial charge in [0.25, 0.3) is 0 Å². The molecule has 0 aliphatic heterocycles. The van der Waals surface area contributed by atoms with Crippen LogP contribution in [0.2, 0.25) is 0 Å². The summed E-state index contributed by atoms with van der Waals surface area (Å²) in [6, 6.07) is 17.2. The van der Waals surface area contributed by atoms with E-state index in [0.29, 0.717) is 0 Å². The maximum Gasteiger partial charge on any atom is 0.407 e. The molecular formula is C23H23N3O5. The number of benzene rings is 2. The van der Waals surface area contributed by atoms with Crippen molar-refractivity contribution >= 4 is 11.9 Å². The fourth-order valence-electron chi connectivity index (χ4n) is 3.81. The van der Waals surface area contributed by atoms with Gasteiger partial charge >= 0.3 is 6.09 Å². The third-order valence-electron chi connectivity index (χ3n) is 5.42. The van der Waals surface area contributed by atoms with E-state index >= 15 is 0 Å². The van der Waals surface area contributed by atoms with Crippen LogP contribution in [-0.4, -0.2) is 45.7 Å². The molecular weight excluding hydrogens is 398 g/mol. The Balaban J connectivity index is 1.34. The van der Waals surface area contributed by atoms with Crippen LogP contribution in [0.15, 0.2) is 60.8 Å². The molecule has 0 spiro atoms. The molecule has 0 saturated carbocycles. The Hall–Kier alpha value is -3.62. The highest BCUT2D eigenvalue weighted by molar-refractivity contribution is 5.79. The van der Waals surface area contributed by atoms with E-state index in [1.807, 2.05) is 36.4 Å². The monoisotopic (exact) mass is 421 g/mol. The third kappa shape index (κ3) is 4.16. The number of aromatic hydroxyl groups is 1. The van der Waals surface area contributed by atoms with Crippen molar-refractivity contribution in [1.82, 2.24) is 10.3 Å². The Morgan fingerprint density at radius 3 is 2.32 bits per heavy atom. The molecule has 31 heavy (non-hydrogen) atoms. The topological polar surface area (TPSA) is 138 Å². The predicted octanol–water partition coefficient (Wildman–Crippen LogP) is 2.30. The number of hydrogen-bond donors (Lipinski definition) is 5. The molecule has 4 rings (SSSR count). The van der Waals surface area contributed by atoms with Gasteiger partial charge < -0.3 is 31.1 Å². The molecule has 8 nitrogen and oxygen atoms in total. The fraction of sp³-hybridized carbons (Fsp3) is 0.217. The van der Waals surface area contributed by atoms with Crippen LogP contribution in [0.25, 0.3) is 11.1 Å². The molecule has 2 unspecified atom stereocenters. The Kier molecular flexibility index (Phi) is 5.75. The number of carbonyl (C=O) groups is 1. The summed E-state index contributed by atoms with van der Waals surface area (Å²) in [5, 5.41) is 32.4. The summed E-state index contributed by atoms with van der Waals surface area (Å²) in [7, 11) is 0. The molecule has 6 N–H and O–H groups in total. The van der Waals surface area contributed by atoms with Crippen molar-refractivity contribution in [2.24, 2.45) is 0 Å². The molecule has 3 aromatic rings. The number of alkyl carbamates (subject to hydrolysis) is 1. The summed E-state index contributed by atoms with van der Waals surface area (Å²) in [6.07, 6.45) is -2.15. The summed E-state index contributed by atoms with van der Waals surface area (Å²) in [4.78, 5) is 15.9. The molecule has 8 heteroatoms. The maximum atomic E-state index is 12.2. The number of fused-ring (bicyclic) bond motifs is 3. The molecule has 0 fully saturated rings. The number of carbonyl (C=O) groups excluding carboxylic acids is 1. The number of nitrogens with one attached hydrogen (secondary N) is 1. The van der Waals surface area contributed by atoms with Crippen LogP contribution in [0.4, 0.5) is 10.6 Å². The largest absolute Gasteiger partial charge is 0.504 e. The van der Waals surface area contributed by atoms with Gasteiger partial charge in [-0.25, -0.2) is 9.78 Å². The van der Waals surface area contributed by atoms with Crippen molar-refractivity contribution in [1.29, 1.82) is 0 Å². The normalized spacial score (nSPS) is 14.4. The first-order chi connectivity index (χ1) is 15.0. The number of aromatic nitrogens is 1. The smallest absolute Gasteiger partial charge is 0.407 e. The molecule has 1 amide bonds. The molecule has 0 bridgehead atoms. The maximum absolute atomic E-state index is 12.2. The summed E-state index contributed by atoms with van der Waals surface area (Å²) < 4.78 is 5.40. The molecule has 1 heterocycles. The number of aliphatic hydroxyl groups is 2. The van der Waals surface area contributed by atoms with E-state index in [-0.39, 0.29) is 36.2 Å². The number of ether oxygens (including phenoxy) is 1. The zero-order valence-electron chi connectivity index (χ0n) is 16.6. The summed E-state index contributed by atoms with van der Waals surface area (Å²) in [6.45, 7) is -0.1000. The van der Waals surface area contributed by atoms with Crippen LogP contribution in [0, 0.1) is 0 Å². The second kappa shape index (κ2) is 8.63. The zero-order valence-corrected chi connectivity index (χ0v) is 16.6. The lowest BCUT2D eigenvalue weighted by molar-refractivity contribution is 0.0182. The standard InChI is InChI=1S/C23H23N3O5/c24-22-19(27)9-13(10-25-22)21(29)20(28)11-26-23(30)31-12-18-16-7-3-1-5-14(16)15-6-2-4-8-17(15)18/h1-10,18,20-21,27-29H,11-12H2,(H2,24,25)(H,26,30). The van der Waals surface area contributed by atoms with Crippen LogP contribution in [0.3, 0.4) is 0 Å². The van der Waals surface area contributed by atoms with Gasteiger partial charge in [-0.3, -0.25) is 0 Å². The Morgan fingerprint density at radius 2 is 1.71 bits per heavy atom. The van der Waals surface area contributed by atoms with E-state index in [4.69, 9.17) is 10.5 Å². The lowest BCUT2D eigenvalue weighted by Gasteiger charge is -2.19. The molecule has 1 aliphatic carbocycles. The highest BCUT2D eigenvalue weighted by Gasteiger charge is 2.29. The second-order valence-corrected chi connectivity index (χ2v) is 7.39. The quantitative estimate of drug-likeness (QED) is 0.412. The van der Waals surface area contributed by atoms with Crippen molar-refractivity contribution in [2.75, 3.05) is 18.9 Å². The lowest BCUT2D eigenvalue weighted by Crippen LogP contribution is -2.36. The van der Waals surface area contributed by atoms with Crippen molar-refractivity contribution in [3.63, 3.8) is 0 Å². The molecule has 2 atom stereocenters. The van der Waals surface area contributed by atoms with Gasteiger partial charge in [0, 0.05) is 24.2 Å². The predicted molar refractivity (Wildman–Crippen MR) is 114 cm³/mol. The SMILES string of the molecule is Nc1ncc(C(O)C(O)CNC(=O)OCC2c3ccccc3-c3ccccc32)cc1O. The van der Waals surface area contributed by atoms with Crippen LogP contribution in [0.1, 0.15) is 28.7 Å². The average molecular weight is 421 g/mol. The van der Waals surface area contributed by atoms with Gasteiger partial charge in [0.15, 0.2) is 11.6 Å². The number of nitrogens with two attached hydrogens (primary N) is 1. The summed E-state index contributed by atoms with van der Waals surface area (Å²) in [5.74, 6) is -0.451. The van der Waals surface area contributed by atoms with E-state index in [1.165, 1.54) is 12.3 Å². The number of aliphatic hydroxyl groups excluding tert-OH is 2. The van der Waals surface area contributed by atoms with E-state index in [1.54, 1.807) is 0 Å². The van der Waals surface area contributed by atoms with Crippen molar-refractivity contribution in [3.8, 4) is 16.9 Å². The van der Waals surface area contributed by atoms with Crippen LogP contribution < -0.4 is 11.1 Å². The van der Waals surface area contributed by atoms with Gasteiger partial charge in [-0.05, 0) is 28.3 Å². The minimum absolute atomic E-state index is 0.0718. The molecule has 0 saturated heterocycles. The van der Waals surface area contributed by atoms with Crippen LogP contribution in [0.5, 0.6) is 5.75 Å². The number of anilines is 1. The lowest BCUT2D eigenvalue weighted by atomic mass is 9.98. The number of nitrogen functional groups attached to an aromatic ring is 1.